The van der Waals surface area contributed by atoms with E-state index < -0.39 is 0 Å². The van der Waals surface area contributed by atoms with E-state index in [2.05, 4.69) is 0 Å². The van der Waals surface area contributed by atoms with Crippen molar-refractivity contribution in [3.8, 4) is 28.4 Å². The van der Waals surface area contributed by atoms with Gasteiger partial charge in [0.25, 0.3) is 0 Å². The van der Waals surface area contributed by atoms with Crippen molar-refractivity contribution in [2.75, 3.05) is 20.8 Å². The van der Waals surface area contributed by atoms with Gasteiger partial charge in [-0.25, -0.2) is 14.8 Å². The molecule has 6 nitrogen and oxygen atoms in total. The summed E-state index contributed by atoms with van der Waals surface area (Å²) >= 11 is 0. The zero-order valence-electron chi connectivity index (χ0n) is 15.9. The maximum Gasteiger partial charge on any atom is 0.409 e. The molecule has 0 saturated heterocycles. The number of fused-ring (bicyclic) bond motifs is 1. The van der Waals surface area contributed by atoms with E-state index in [-0.39, 0.29) is 6.09 Å². The lowest BCUT2D eigenvalue weighted by Gasteiger charge is -2.28. The Morgan fingerprint density at radius 2 is 1.71 bits per heavy atom. The first kappa shape index (κ1) is 18.0. The third-order valence-electron chi connectivity index (χ3n) is 4.89. The van der Waals surface area contributed by atoms with Crippen LogP contribution in [-0.4, -0.2) is 41.7 Å². The van der Waals surface area contributed by atoms with Crippen LogP contribution in [-0.2, 0) is 17.7 Å². The Morgan fingerprint density at radius 3 is 2.39 bits per heavy atom. The van der Waals surface area contributed by atoms with Gasteiger partial charge in [-0.15, -0.1) is 0 Å². The van der Waals surface area contributed by atoms with E-state index in [9.17, 15) is 4.79 Å². The van der Waals surface area contributed by atoms with Crippen LogP contribution >= 0.6 is 0 Å². The maximum atomic E-state index is 12.0. The quantitative estimate of drug-likeness (QED) is 0.694. The number of ether oxygens (including phenoxy) is 2. The molecule has 0 unspecified atom stereocenters. The van der Waals surface area contributed by atoms with Crippen LogP contribution in [0.5, 0.6) is 5.75 Å². The normalized spacial score (nSPS) is 13.0. The molecular weight excluding hydrogens is 354 g/mol. The Bertz CT molecular complexity index is 988. The van der Waals surface area contributed by atoms with E-state index in [0.29, 0.717) is 25.3 Å². The first-order valence-electron chi connectivity index (χ1n) is 9.12. The maximum absolute atomic E-state index is 12.0. The lowest BCUT2D eigenvalue weighted by molar-refractivity contribution is 0.118. The Balaban J connectivity index is 1.82. The summed E-state index contributed by atoms with van der Waals surface area (Å²) in [4.78, 5) is 23.4. The molecule has 0 radical (unpaired) electrons. The Morgan fingerprint density at radius 1 is 0.964 bits per heavy atom. The molecule has 1 aromatic heterocycles. The summed E-state index contributed by atoms with van der Waals surface area (Å²) < 4.78 is 10.1. The monoisotopic (exact) mass is 375 g/mol. The zero-order valence-corrected chi connectivity index (χ0v) is 15.9. The first-order chi connectivity index (χ1) is 13.7. The highest BCUT2D eigenvalue weighted by atomic mass is 16.5. The molecule has 1 aliphatic heterocycles. The van der Waals surface area contributed by atoms with E-state index >= 15 is 0 Å². The number of carbonyl (C=O) groups is 1. The minimum Gasteiger partial charge on any atom is -0.497 e. The fourth-order valence-corrected chi connectivity index (χ4v) is 3.40. The fourth-order valence-electron chi connectivity index (χ4n) is 3.40. The van der Waals surface area contributed by atoms with Crippen molar-refractivity contribution in [1.29, 1.82) is 0 Å². The average molecular weight is 375 g/mol. The molecule has 4 rings (SSSR count). The standard InChI is InChI=1S/C22H21N3O3/c1-27-17-10-8-16(9-11-17)21-23-19-12-13-25(22(26)28-2)14-18(19)20(24-21)15-6-4-3-5-7-15/h3-11H,12-14H2,1-2H3. The number of rotatable bonds is 3. The molecule has 0 saturated carbocycles. The van der Waals surface area contributed by atoms with Gasteiger partial charge in [0.05, 0.1) is 32.2 Å². The summed E-state index contributed by atoms with van der Waals surface area (Å²) in [6.45, 7) is 1.02. The molecule has 0 fully saturated rings. The highest BCUT2D eigenvalue weighted by Gasteiger charge is 2.26. The Labute approximate surface area is 163 Å². The molecule has 28 heavy (non-hydrogen) atoms. The molecule has 0 bridgehead atoms. The highest BCUT2D eigenvalue weighted by molar-refractivity contribution is 5.71. The smallest absolute Gasteiger partial charge is 0.409 e. The second-order valence-electron chi connectivity index (χ2n) is 6.56. The Hall–Kier alpha value is -3.41. The van der Waals surface area contributed by atoms with Crippen molar-refractivity contribution < 1.29 is 14.3 Å². The first-order valence-corrected chi connectivity index (χ1v) is 9.12. The number of methoxy groups -OCH3 is 2. The van der Waals surface area contributed by atoms with Gasteiger partial charge in [-0.3, -0.25) is 0 Å². The van der Waals surface area contributed by atoms with Gasteiger partial charge in [0.2, 0.25) is 0 Å². The molecule has 0 aliphatic carbocycles. The number of carbonyl (C=O) groups excluding carboxylic acids is 1. The molecule has 3 aromatic rings. The number of amides is 1. The molecule has 6 heteroatoms. The number of hydrogen-bond acceptors (Lipinski definition) is 5. The fraction of sp³-hybridized carbons (Fsp3) is 0.227. The van der Waals surface area contributed by atoms with E-state index in [4.69, 9.17) is 19.4 Å². The second kappa shape index (κ2) is 7.68. The molecule has 1 amide bonds. The van der Waals surface area contributed by atoms with Crippen LogP contribution in [0, 0.1) is 0 Å². The van der Waals surface area contributed by atoms with E-state index in [1.807, 2.05) is 54.6 Å². The number of aromatic nitrogens is 2. The highest BCUT2D eigenvalue weighted by Crippen LogP contribution is 2.31. The van der Waals surface area contributed by atoms with Crippen LogP contribution in [0.25, 0.3) is 22.6 Å². The van der Waals surface area contributed by atoms with Gasteiger partial charge in [-0.1, -0.05) is 30.3 Å². The molecule has 0 N–H and O–H groups in total. The van der Waals surface area contributed by atoms with Crippen LogP contribution in [0.3, 0.4) is 0 Å². The predicted molar refractivity (Wildman–Crippen MR) is 106 cm³/mol. The molecule has 2 heterocycles. The minimum atomic E-state index is -0.330. The van der Waals surface area contributed by atoms with Crippen LogP contribution < -0.4 is 4.74 Å². The summed E-state index contributed by atoms with van der Waals surface area (Å²) in [5.74, 6) is 1.46. The van der Waals surface area contributed by atoms with Crippen LogP contribution in [0.15, 0.2) is 54.6 Å². The van der Waals surface area contributed by atoms with E-state index in [1.165, 1.54) is 7.11 Å². The predicted octanol–water partition coefficient (Wildman–Crippen LogP) is 3.94. The molecule has 0 atom stereocenters. The van der Waals surface area contributed by atoms with Gasteiger partial charge in [-0.05, 0) is 24.3 Å². The number of nitrogens with zero attached hydrogens (tertiary/aromatic N) is 3. The summed E-state index contributed by atoms with van der Waals surface area (Å²) in [7, 11) is 3.05. The largest absolute Gasteiger partial charge is 0.497 e. The van der Waals surface area contributed by atoms with Crippen molar-refractivity contribution in [3.05, 3.63) is 65.9 Å². The van der Waals surface area contributed by atoms with Crippen molar-refractivity contribution >= 4 is 6.09 Å². The van der Waals surface area contributed by atoms with Crippen LogP contribution in [0.1, 0.15) is 11.3 Å². The molecule has 1 aliphatic rings. The van der Waals surface area contributed by atoms with Gasteiger partial charge in [0.15, 0.2) is 5.82 Å². The SMILES string of the molecule is COC(=O)N1CCc2nc(-c3ccc(OC)cc3)nc(-c3ccccc3)c2C1. The molecule has 2 aromatic carbocycles. The van der Waals surface area contributed by atoms with E-state index in [0.717, 1.165) is 33.8 Å². The van der Waals surface area contributed by atoms with Crippen LogP contribution in [0.4, 0.5) is 4.79 Å². The third kappa shape index (κ3) is 3.41. The molecule has 0 spiro atoms. The lowest BCUT2D eigenvalue weighted by Crippen LogP contribution is -2.36. The van der Waals surface area contributed by atoms with Crippen LogP contribution in [0.2, 0.25) is 0 Å². The average Bonchev–Trinajstić information content (AvgIpc) is 2.78. The third-order valence-corrected chi connectivity index (χ3v) is 4.89. The van der Waals surface area contributed by atoms with Gasteiger partial charge in [0.1, 0.15) is 5.75 Å². The zero-order chi connectivity index (χ0) is 19.5. The van der Waals surface area contributed by atoms with Crippen molar-refractivity contribution in [2.24, 2.45) is 0 Å². The van der Waals surface area contributed by atoms with Crippen molar-refractivity contribution in [3.63, 3.8) is 0 Å². The van der Waals surface area contributed by atoms with E-state index in [1.54, 1.807) is 12.0 Å². The van der Waals surface area contributed by atoms with Gasteiger partial charge < -0.3 is 14.4 Å². The number of benzene rings is 2. The Kier molecular flexibility index (Phi) is 4.93. The van der Waals surface area contributed by atoms with Crippen molar-refractivity contribution in [2.45, 2.75) is 13.0 Å². The van der Waals surface area contributed by atoms with Gasteiger partial charge in [-0.2, -0.15) is 0 Å². The van der Waals surface area contributed by atoms with Crippen molar-refractivity contribution in [1.82, 2.24) is 14.9 Å². The molecule has 142 valence electrons. The summed E-state index contributed by atoms with van der Waals surface area (Å²) in [5, 5.41) is 0. The lowest BCUT2D eigenvalue weighted by atomic mass is 9.99. The number of hydrogen-bond donors (Lipinski definition) is 0. The van der Waals surface area contributed by atoms with Gasteiger partial charge >= 0.3 is 6.09 Å². The second-order valence-corrected chi connectivity index (χ2v) is 6.56. The topological polar surface area (TPSA) is 64.5 Å². The summed E-state index contributed by atoms with van der Waals surface area (Å²) in [5.41, 5.74) is 4.73. The molecular formula is C22H21N3O3. The minimum absolute atomic E-state index is 0.330. The summed E-state index contributed by atoms with van der Waals surface area (Å²) in [6, 6.07) is 17.7. The summed E-state index contributed by atoms with van der Waals surface area (Å²) in [6.07, 6.45) is 0.333. The van der Waals surface area contributed by atoms with Gasteiger partial charge in [0, 0.05) is 29.7 Å².